The molecule has 0 unspecified atom stereocenters. The zero-order valence-electron chi connectivity index (χ0n) is 26.5. The first-order valence-corrected chi connectivity index (χ1v) is 16.1. The van der Waals surface area contributed by atoms with E-state index in [9.17, 15) is 0 Å². The molecule has 1 fully saturated rings. The summed E-state index contributed by atoms with van der Waals surface area (Å²) in [6.07, 6.45) is 0. The predicted octanol–water partition coefficient (Wildman–Crippen LogP) is 10.2. The van der Waals surface area contributed by atoms with Crippen LogP contribution in [0.4, 0.5) is 0 Å². The number of fused-ring (bicyclic) bond motifs is 9. The first kappa shape index (κ1) is 27.4. The SMILES string of the molecule is CC1(C)OB(c2cccc3c4ccccc4c4ccc(-c5ccc6c(c5)c5ccccc5n6-c5ccccc5)cc4c23)OC1(C)C. The van der Waals surface area contributed by atoms with Gasteiger partial charge in [-0.2, -0.15) is 0 Å². The topological polar surface area (TPSA) is 23.4 Å². The molecule has 1 aromatic heterocycles. The molecule has 1 saturated heterocycles. The third kappa shape index (κ3) is 3.94. The average molecular weight is 596 g/mol. The Labute approximate surface area is 269 Å². The normalized spacial score (nSPS) is 16.0. The van der Waals surface area contributed by atoms with E-state index in [0.29, 0.717) is 0 Å². The number of hydrogen-bond acceptors (Lipinski definition) is 2. The molecule has 4 heteroatoms. The zero-order chi connectivity index (χ0) is 31.2. The maximum Gasteiger partial charge on any atom is 0.495 e. The summed E-state index contributed by atoms with van der Waals surface area (Å²) in [5.41, 5.74) is 6.19. The van der Waals surface area contributed by atoms with Crippen LogP contribution in [-0.4, -0.2) is 22.9 Å². The molecule has 0 atom stereocenters. The second kappa shape index (κ2) is 9.80. The summed E-state index contributed by atoms with van der Waals surface area (Å²) in [6.45, 7) is 8.48. The van der Waals surface area contributed by atoms with Crippen molar-refractivity contribution in [1.82, 2.24) is 4.57 Å². The Morgan fingerprint density at radius 2 is 1.00 bits per heavy atom. The van der Waals surface area contributed by atoms with Crippen molar-refractivity contribution in [3.05, 3.63) is 133 Å². The summed E-state index contributed by atoms with van der Waals surface area (Å²) in [6, 6.07) is 48.5. The van der Waals surface area contributed by atoms with Gasteiger partial charge in [-0.1, -0.05) is 97.1 Å². The number of hydrogen-bond donors (Lipinski definition) is 0. The molecule has 0 amide bonds. The molecule has 0 saturated carbocycles. The van der Waals surface area contributed by atoms with Crippen LogP contribution in [0.5, 0.6) is 0 Å². The highest BCUT2D eigenvalue weighted by Crippen LogP contribution is 2.41. The maximum absolute atomic E-state index is 6.64. The standard InChI is InChI=1S/C42H34BNO2/c1-41(2)42(3,4)46-43(45-41)37-19-12-18-34-31-16-9-8-15-30(31)32-23-21-27(26-36(32)40(34)37)28-22-24-39-35(25-28)33-17-10-11-20-38(33)44(39)29-13-6-5-7-14-29/h5-26H,1-4H3. The van der Waals surface area contributed by atoms with Crippen molar-refractivity contribution in [3.63, 3.8) is 0 Å². The number of rotatable bonds is 3. The van der Waals surface area contributed by atoms with E-state index in [-0.39, 0.29) is 0 Å². The summed E-state index contributed by atoms with van der Waals surface area (Å²) in [5, 5.41) is 9.85. The van der Waals surface area contributed by atoms with Crippen LogP contribution in [0.2, 0.25) is 0 Å². The Bertz CT molecular complexity index is 2480. The Balaban J connectivity index is 1.30. The van der Waals surface area contributed by atoms with Crippen LogP contribution < -0.4 is 5.46 Å². The Morgan fingerprint density at radius 3 is 1.74 bits per heavy atom. The highest BCUT2D eigenvalue weighted by atomic mass is 16.7. The van der Waals surface area contributed by atoms with Gasteiger partial charge in [-0.25, -0.2) is 0 Å². The summed E-state index contributed by atoms with van der Waals surface area (Å²) in [7, 11) is -0.456. The maximum atomic E-state index is 6.64. The van der Waals surface area contributed by atoms with Gasteiger partial charge in [0.2, 0.25) is 0 Å². The van der Waals surface area contributed by atoms with Gasteiger partial charge in [-0.3, -0.25) is 0 Å². The van der Waals surface area contributed by atoms with E-state index in [1.54, 1.807) is 0 Å². The van der Waals surface area contributed by atoms with Gasteiger partial charge in [0.25, 0.3) is 0 Å². The zero-order valence-corrected chi connectivity index (χ0v) is 26.5. The molecular formula is C42H34BNO2. The quantitative estimate of drug-likeness (QED) is 0.150. The van der Waals surface area contributed by atoms with Crippen LogP contribution in [0.25, 0.3) is 70.9 Å². The van der Waals surface area contributed by atoms with Crippen molar-refractivity contribution < 1.29 is 9.31 Å². The fourth-order valence-corrected chi connectivity index (χ4v) is 7.39. The highest BCUT2D eigenvalue weighted by Gasteiger charge is 2.52. The van der Waals surface area contributed by atoms with Gasteiger partial charge in [0.1, 0.15) is 0 Å². The monoisotopic (exact) mass is 595 g/mol. The minimum Gasteiger partial charge on any atom is -0.399 e. The first-order chi connectivity index (χ1) is 22.3. The lowest BCUT2D eigenvalue weighted by atomic mass is 9.74. The molecule has 0 aliphatic carbocycles. The molecule has 0 radical (unpaired) electrons. The molecule has 0 N–H and O–H groups in total. The fourth-order valence-electron chi connectivity index (χ4n) is 7.39. The molecule has 0 bridgehead atoms. The summed E-state index contributed by atoms with van der Waals surface area (Å²) < 4.78 is 15.6. The average Bonchev–Trinajstić information content (AvgIpc) is 3.53. The van der Waals surface area contributed by atoms with E-state index in [1.807, 2.05) is 0 Å². The van der Waals surface area contributed by atoms with Crippen LogP contribution in [0, 0.1) is 0 Å². The molecule has 9 rings (SSSR count). The Kier molecular flexibility index (Phi) is 5.84. The number of benzene rings is 7. The highest BCUT2D eigenvalue weighted by molar-refractivity contribution is 6.66. The van der Waals surface area contributed by atoms with E-state index in [1.165, 1.54) is 70.9 Å². The second-order valence-electron chi connectivity index (χ2n) is 13.6. The van der Waals surface area contributed by atoms with Crippen LogP contribution >= 0.6 is 0 Å². The van der Waals surface area contributed by atoms with E-state index in [2.05, 4.69) is 166 Å². The van der Waals surface area contributed by atoms with Gasteiger partial charge >= 0.3 is 7.12 Å². The van der Waals surface area contributed by atoms with Crippen LogP contribution in [0.1, 0.15) is 27.7 Å². The van der Waals surface area contributed by atoms with Gasteiger partial charge in [0.05, 0.1) is 22.2 Å². The lowest BCUT2D eigenvalue weighted by Crippen LogP contribution is -2.41. The third-order valence-corrected chi connectivity index (χ3v) is 10.4. The molecule has 1 aliphatic heterocycles. The van der Waals surface area contributed by atoms with Gasteiger partial charge in [0, 0.05) is 16.5 Å². The lowest BCUT2D eigenvalue weighted by Gasteiger charge is -2.32. The number of nitrogens with zero attached hydrogens (tertiary/aromatic N) is 1. The summed E-state index contributed by atoms with van der Waals surface area (Å²) >= 11 is 0. The Hall–Kier alpha value is -4.90. The molecule has 2 heterocycles. The van der Waals surface area contributed by atoms with Crippen molar-refractivity contribution in [1.29, 1.82) is 0 Å². The van der Waals surface area contributed by atoms with Crippen LogP contribution in [-0.2, 0) is 9.31 Å². The minimum absolute atomic E-state index is 0.425. The molecule has 1 aliphatic rings. The largest absolute Gasteiger partial charge is 0.495 e. The first-order valence-electron chi connectivity index (χ1n) is 16.1. The Morgan fingerprint density at radius 1 is 0.457 bits per heavy atom. The van der Waals surface area contributed by atoms with Crippen molar-refractivity contribution in [2.45, 2.75) is 38.9 Å². The molecule has 3 nitrogen and oxygen atoms in total. The van der Waals surface area contributed by atoms with E-state index in [0.717, 1.165) is 5.46 Å². The molecule has 0 spiro atoms. The summed E-state index contributed by atoms with van der Waals surface area (Å²) in [4.78, 5) is 0. The number of aromatic nitrogens is 1. The van der Waals surface area contributed by atoms with Crippen LogP contribution in [0.15, 0.2) is 133 Å². The van der Waals surface area contributed by atoms with E-state index in [4.69, 9.17) is 9.31 Å². The second-order valence-corrected chi connectivity index (χ2v) is 13.6. The van der Waals surface area contributed by atoms with Gasteiger partial charge < -0.3 is 13.9 Å². The van der Waals surface area contributed by atoms with Gasteiger partial charge in [-0.15, -0.1) is 0 Å². The lowest BCUT2D eigenvalue weighted by molar-refractivity contribution is 0.00578. The molecule has 7 aromatic carbocycles. The van der Waals surface area contributed by atoms with Crippen LogP contribution in [0.3, 0.4) is 0 Å². The predicted molar refractivity (Wildman–Crippen MR) is 194 cm³/mol. The van der Waals surface area contributed by atoms with Crippen molar-refractivity contribution in [3.8, 4) is 16.8 Å². The van der Waals surface area contributed by atoms with E-state index < -0.39 is 18.3 Å². The molecule has 222 valence electrons. The third-order valence-electron chi connectivity index (χ3n) is 10.4. The summed E-state index contributed by atoms with van der Waals surface area (Å²) in [5.74, 6) is 0. The van der Waals surface area contributed by atoms with Crippen molar-refractivity contribution in [2.24, 2.45) is 0 Å². The molecular weight excluding hydrogens is 561 g/mol. The van der Waals surface area contributed by atoms with Crippen molar-refractivity contribution >= 4 is 66.7 Å². The molecule has 46 heavy (non-hydrogen) atoms. The number of para-hydroxylation sites is 2. The smallest absolute Gasteiger partial charge is 0.399 e. The minimum atomic E-state index is -0.456. The van der Waals surface area contributed by atoms with Gasteiger partial charge in [-0.05, 0) is 113 Å². The van der Waals surface area contributed by atoms with Crippen molar-refractivity contribution in [2.75, 3.05) is 0 Å². The van der Waals surface area contributed by atoms with E-state index >= 15 is 0 Å². The molecule has 8 aromatic rings. The van der Waals surface area contributed by atoms with Gasteiger partial charge in [0.15, 0.2) is 0 Å². The fraction of sp³-hybridized carbons (Fsp3) is 0.143.